The molecule has 0 aliphatic carbocycles. The zero-order chi connectivity index (χ0) is 18.4. The van der Waals surface area contributed by atoms with Gasteiger partial charge in [0.15, 0.2) is 11.5 Å². The molecule has 0 saturated carbocycles. The highest BCUT2D eigenvalue weighted by Gasteiger charge is 2.23. The van der Waals surface area contributed by atoms with E-state index in [1.165, 1.54) is 36.4 Å². The molecule has 1 heterocycles. The average molecular weight is 356 g/mol. The van der Waals surface area contributed by atoms with E-state index in [2.05, 4.69) is 0 Å². The Morgan fingerprint density at radius 2 is 0.846 bits per heavy atom. The Labute approximate surface area is 146 Å². The zero-order valence-corrected chi connectivity index (χ0v) is 13.0. The Balaban J connectivity index is 2.00. The van der Waals surface area contributed by atoms with Gasteiger partial charge >= 0.3 is 0 Å². The molecule has 0 saturated heterocycles. The van der Waals surface area contributed by atoms with E-state index in [0.717, 1.165) is 6.07 Å². The summed E-state index contributed by atoms with van der Waals surface area (Å²) in [5.41, 5.74) is 0. The number of hydrogen-bond acceptors (Lipinski definition) is 8. The van der Waals surface area contributed by atoms with Crippen molar-refractivity contribution in [2.45, 2.75) is 0 Å². The maximum absolute atomic E-state index is 10.4. The van der Waals surface area contributed by atoms with E-state index in [1.807, 2.05) is 0 Å². The van der Waals surface area contributed by atoms with Gasteiger partial charge in [0.2, 0.25) is 17.2 Å². The molecule has 0 aromatic heterocycles. The Kier molecular flexibility index (Phi) is 3.33. The van der Waals surface area contributed by atoms with E-state index in [4.69, 9.17) is 14.2 Å². The Morgan fingerprint density at radius 1 is 0.462 bits per heavy atom. The van der Waals surface area contributed by atoms with E-state index >= 15 is 0 Å². The van der Waals surface area contributed by atoms with Gasteiger partial charge in [-0.3, -0.25) is 0 Å². The fraction of sp³-hybridized carbons (Fsp3) is 0. The maximum Gasteiger partial charge on any atom is 0.214 e. The monoisotopic (exact) mass is 356 g/mol. The molecular weight excluding hydrogens is 344 g/mol. The fourth-order valence-electron chi connectivity index (χ4n) is 2.53. The van der Waals surface area contributed by atoms with Crippen molar-refractivity contribution in [3.8, 4) is 63.2 Å². The lowest BCUT2D eigenvalue weighted by Crippen LogP contribution is -1.94. The van der Waals surface area contributed by atoms with Crippen LogP contribution in [0, 0.1) is 0 Å². The van der Waals surface area contributed by atoms with Crippen molar-refractivity contribution >= 4 is 0 Å². The predicted molar refractivity (Wildman–Crippen MR) is 87.9 cm³/mol. The van der Waals surface area contributed by atoms with Gasteiger partial charge in [-0.15, -0.1) is 0 Å². The van der Waals surface area contributed by atoms with Gasteiger partial charge in [0, 0.05) is 42.5 Å². The van der Waals surface area contributed by atoms with Gasteiger partial charge in [0.05, 0.1) is 0 Å². The lowest BCUT2D eigenvalue weighted by atomic mass is 10.2. The minimum Gasteiger partial charge on any atom is -0.508 e. The smallest absolute Gasteiger partial charge is 0.214 e. The fourth-order valence-corrected chi connectivity index (χ4v) is 2.53. The summed E-state index contributed by atoms with van der Waals surface area (Å²) >= 11 is 0. The molecule has 0 spiro atoms. The average Bonchev–Trinajstić information content (AvgIpc) is 2.53. The molecule has 6 bridgehead atoms. The molecule has 0 fully saturated rings. The van der Waals surface area contributed by atoms with Crippen LogP contribution in [0.2, 0.25) is 0 Å². The SMILES string of the molecule is Oc1cc2cc(c1)Oc1c(O)cc(O)c(c1O)Oc1cc(O)cc(c1)O2. The minimum absolute atomic E-state index is 0.0446. The summed E-state index contributed by atoms with van der Waals surface area (Å²) in [5, 5.41) is 50.0. The lowest BCUT2D eigenvalue weighted by molar-refractivity contribution is 0.334. The van der Waals surface area contributed by atoms with Crippen molar-refractivity contribution in [3.05, 3.63) is 42.5 Å². The van der Waals surface area contributed by atoms with E-state index in [9.17, 15) is 25.5 Å². The van der Waals surface area contributed by atoms with Crippen molar-refractivity contribution in [2.75, 3.05) is 0 Å². The second kappa shape index (κ2) is 5.55. The van der Waals surface area contributed by atoms with Crippen LogP contribution < -0.4 is 14.2 Å². The van der Waals surface area contributed by atoms with Gasteiger partial charge in [0.1, 0.15) is 34.5 Å². The summed E-state index contributed by atoms with van der Waals surface area (Å²) in [5.74, 6) is -2.49. The molecule has 5 N–H and O–H groups in total. The highest BCUT2D eigenvalue weighted by molar-refractivity contribution is 5.66. The molecule has 1 aliphatic rings. The molecule has 0 radical (unpaired) electrons. The number of aromatic hydroxyl groups is 5. The van der Waals surface area contributed by atoms with E-state index in [-0.39, 0.29) is 34.5 Å². The molecule has 3 aromatic rings. The highest BCUT2D eigenvalue weighted by Crippen LogP contribution is 2.52. The van der Waals surface area contributed by atoms with Crippen LogP contribution in [-0.2, 0) is 0 Å². The highest BCUT2D eigenvalue weighted by atomic mass is 16.5. The molecule has 3 aromatic carbocycles. The molecule has 26 heavy (non-hydrogen) atoms. The first kappa shape index (κ1) is 15.6. The second-order valence-corrected chi connectivity index (χ2v) is 5.55. The number of hydrogen-bond donors (Lipinski definition) is 5. The van der Waals surface area contributed by atoms with Crippen LogP contribution in [0.4, 0.5) is 0 Å². The van der Waals surface area contributed by atoms with Crippen LogP contribution in [0.15, 0.2) is 42.5 Å². The number of phenolic OH excluding ortho intramolecular Hbond substituents is 5. The third-order valence-electron chi connectivity index (χ3n) is 3.57. The summed E-state index contributed by atoms with van der Waals surface area (Å²) in [6.45, 7) is 0. The quantitative estimate of drug-likeness (QED) is 0.321. The van der Waals surface area contributed by atoms with Gasteiger partial charge in [0.25, 0.3) is 0 Å². The normalized spacial score (nSPS) is 12.0. The molecule has 8 heteroatoms. The van der Waals surface area contributed by atoms with Crippen molar-refractivity contribution in [2.24, 2.45) is 0 Å². The van der Waals surface area contributed by atoms with Crippen molar-refractivity contribution in [1.29, 1.82) is 0 Å². The number of ether oxygens (including phenoxy) is 3. The predicted octanol–water partition coefficient (Wildman–Crippen LogP) is 3.90. The number of rotatable bonds is 0. The first-order valence-electron chi connectivity index (χ1n) is 7.38. The van der Waals surface area contributed by atoms with Crippen LogP contribution in [0.3, 0.4) is 0 Å². The molecule has 132 valence electrons. The van der Waals surface area contributed by atoms with Gasteiger partial charge in [-0.25, -0.2) is 0 Å². The number of fused-ring (bicyclic) bond motifs is 6. The van der Waals surface area contributed by atoms with Gasteiger partial charge < -0.3 is 39.7 Å². The van der Waals surface area contributed by atoms with E-state index in [0.29, 0.717) is 0 Å². The molecule has 8 nitrogen and oxygen atoms in total. The first-order valence-corrected chi connectivity index (χ1v) is 7.38. The van der Waals surface area contributed by atoms with Crippen LogP contribution in [0.1, 0.15) is 0 Å². The van der Waals surface area contributed by atoms with Crippen molar-refractivity contribution < 1.29 is 39.7 Å². The summed E-state index contributed by atoms with van der Waals surface area (Å²) in [7, 11) is 0. The largest absolute Gasteiger partial charge is 0.508 e. The van der Waals surface area contributed by atoms with E-state index < -0.39 is 28.7 Å². The minimum atomic E-state index is -0.668. The summed E-state index contributed by atoms with van der Waals surface area (Å²) < 4.78 is 16.5. The summed E-state index contributed by atoms with van der Waals surface area (Å²) in [4.78, 5) is 0. The van der Waals surface area contributed by atoms with Gasteiger partial charge in [-0.2, -0.15) is 0 Å². The molecule has 1 aliphatic heterocycles. The Morgan fingerprint density at radius 3 is 1.27 bits per heavy atom. The maximum atomic E-state index is 10.4. The van der Waals surface area contributed by atoms with Crippen molar-refractivity contribution in [1.82, 2.24) is 0 Å². The molecule has 0 unspecified atom stereocenters. The third-order valence-corrected chi connectivity index (χ3v) is 3.57. The second-order valence-electron chi connectivity index (χ2n) is 5.55. The standard InChI is InChI=1S/C18H12O8/c19-8-1-10-5-12(3-8)25-17-14(21)7-15(22)18(16(17)23)26-13-4-9(20)2-11(6-13)24-10/h1-7,19-23H. The van der Waals surface area contributed by atoms with E-state index in [1.54, 1.807) is 0 Å². The Hall–Kier alpha value is -3.94. The summed E-state index contributed by atoms with van der Waals surface area (Å²) in [6, 6.07) is 8.82. The third kappa shape index (κ3) is 2.69. The van der Waals surface area contributed by atoms with Crippen LogP contribution in [0.25, 0.3) is 0 Å². The topological polar surface area (TPSA) is 129 Å². The molecule has 4 rings (SSSR count). The zero-order valence-electron chi connectivity index (χ0n) is 13.0. The van der Waals surface area contributed by atoms with Crippen LogP contribution >= 0.6 is 0 Å². The first-order chi connectivity index (χ1) is 12.4. The summed E-state index contributed by atoms with van der Waals surface area (Å²) in [6.07, 6.45) is 0. The molecule has 0 atom stereocenters. The molecular formula is C18H12O8. The van der Waals surface area contributed by atoms with Gasteiger partial charge in [-0.1, -0.05) is 0 Å². The van der Waals surface area contributed by atoms with Crippen molar-refractivity contribution in [3.63, 3.8) is 0 Å². The number of phenols is 5. The van der Waals surface area contributed by atoms with Gasteiger partial charge in [-0.05, 0) is 0 Å². The lowest BCUT2D eigenvalue weighted by Gasteiger charge is -2.17. The number of benzene rings is 3. The molecule has 0 amide bonds. The van der Waals surface area contributed by atoms with Crippen LogP contribution in [0.5, 0.6) is 63.2 Å². The Bertz CT molecular complexity index is 950. The van der Waals surface area contributed by atoms with Crippen LogP contribution in [-0.4, -0.2) is 25.5 Å².